The summed E-state index contributed by atoms with van der Waals surface area (Å²) in [4.78, 5) is 0. The van der Waals surface area contributed by atoms with Gasteiger partial charge in [0.2, 0.25) is 0 Å². The van der Waals surface area contributed by atoms with Crippen LogP contribution in [0.5, 0.6) is 0 Å². The molecule has 0 heterocycles. The highest BCUT2D eigenvalue weighted by molar-refractivity contribution is 5.33. The predicted molar refractivity (Wildman–Crippen MR) is 44.1 cm³/mol. The Morgan fingerprint density at radius 2 is 2.09 bits per heavy atom. The summed E-state index contributed by atoms with van der Waals surface area (Å²) in [6.07, 6.45) is 0.263. The standard InChI is InChI=1S/C9H14O2/c1-6-4-9(3,11)5-8(10)7(6)2/h8,10-11H,1-2,4-5H2,3H3/t8-,9+/m0/s1. The van der Waals surface area contributed by atoms with E-state index in [1.54, 1.807) is 6.92 Å². The van der Waals surface area contributed by atoms with Gasteiger partial charge >= 0.3 is 0 Å². The van der Waals surface area contributed by atoms with Crippen LogP contribution in [0.15, 0.2) is 24.3 Å². The molecule has 0 aliphatic heterocycles. The number of hydrogen-bond acceptors (Lipinski definition) is 2. The highest BCUT2D eigenvalue weighted by Gasteiger charge is 2.32. The molecule has 0 radical (unpaired) electrons. The van der Waals surface area contributed by atoms with Crippen LogP contribution >= 0.6 is 0 Å². The van der Waals surface area contributed by atoms with Gasteiger partial charge in [0.05, 0.1) is 11.7 Å². The van der Waals surface area contributed by atoms with Crippen LogP contribution in [-0.4, -0.2) is 21.9 Å². The van der Waals surface area contributed by atoms with Gasteiger partial charge in [0.1, 0.15) is 0 Å². The highest BCUT2D eigenvalue weighted by Crippen LogP contribution is 2.33. The van der Waals surface area contributed by atoms with Gasteiger partial charge in [-0.1, -0.05) is 13.2 Å². The van der Waals surface area contributed by atoms with Crippen molar-refractivity contribution >= 4 is 0 Å². The molecule has 0 amide bonds. The summed E-state index contributed by atoms with van der Waals surface area (Å²) in [5.41, 5.74) is 0.614. The van der Waals surface area contributed by atoms with Gasteiger partial charge in [0.25, 0.3) is 0 Å². The maximum atomic E-state index is 9.57. The molecule has 0 saturated heterocycles. The van der Waals surface area contributed by atoms with E-state index in [-0.39, 0.29) is 0 Å². The van der Waals surface area contributed by atoms with Crippen LogP contribution in [0, 0.1) is 0 Å². The maximum Gasteiger partial charge on any atom is 0.0814 e. The molecular weight excluding hydrogens is 140 g/mol. The number of aliphatic hydroxyl groups is 2. The SMILES string of the molecule is C=C1C[C@@](C)(O)C[C@H](O)C1=C. The first kappa shape index (κ1) is 8.50. The molecule has 0 spiro atoms. The summed E-state index contributed by atoms with van der Waals surface area (Å²) in [6.45, 7) is 9.11. The van der Waals surface area contributed by atoms with Crippen molar-refractivity contribution in [3.63, 3.8) is 0 Å². The third-order valence-corrected chi connectivity index (χ3v) is 2.08. The number of hydrogen-bond donors (Lipinski definition) is 2. The monoisotopic (exact) mass is 154 g/mol. The van der Waals surface area contributed by atoms with Crippen molar-refractivity contribution < 1.29 is 10.2 Å². The molecule has 1 fully saturated rings. The summed E-state index contributed by atoms with van der Waals surface area (Å²) < 4.78 is 0. The molecule has 2 atom stereocenters. The van der Waals surface area contributed by atoms with Crippen LogP contribution < -0.4 is 0 Å². The van der Waals surface area contributed by atoms with Crippen molar-refractivity contribution in [2.24, 2.45) is 0 Å². The zero-order valence-corrected chi connectivity index (χ0v) is 6.80. The van der Waals surface area contributed by atoms with Crippen molar-refractivity contribution in [2.45, 2.75) is 31.5 Å². The van der Waals surface area contributed by atoms with E-state index in [1.807, 2.05) is 0 Å². The number of rotatable bonds is 0. The minimum atomic E-state index is -0.808. The van der Waals surface area contributed by atoms with Crippen LogP contribution in [-0.2, 0) is 0 Å². The molecule has 0 aromatic carbocycles. The average molecular weight is 154 g/mol. The summed E-state index contributed by atoms with van der Waals surface area (Å²) >= 11 is 0. The van der Waals surface area contributed by atoms with E-state index in [1.165, 1.54) is 0 Å². The second-order valence-electron chi connectivity index (χ2n) is 3.52. The second kappa shape index (κ2) is 2.47. The summed E-state index contributed by atoms with van der Waals surface area (Å²) in [7, 11) is 0. The molecule has 62 valence electrons. The summed E-state index contributed by atoms with van der Waals surface area (Å²) in [5, 5.41) is 18.9. The summed E-state index contributed by atoms with van der Waals surface area (Å²) in [6, 6.07) is 0. The normalized spacial score (nSPS) is 39.4. The molecule has 2 heteroatoms. The van der Waals surface area contributed by atoms with Gasteiger partial charge in [-0.15, -0.1) is 0 Å². The van der Waals surface area contributed by atoms with E-state index in [2.05, 4.69) is 13.2 Å². The molecule has 1 aliphatic carbocycles. The molecule has 2 N–H and O–H groups in total. The van der Waals surface area contributed by atoms with Gasteiger partial charge in [0, 0.05) is 12.8 Å². The minimum absolute atomic E-state index is 0.366. The lowest BCUT2D eigenvalue weighted by Gasteiger charge is -2.34. The van der Waals surface area contributed by atoms with Crippen LogP contribution in [0.3, 0.4) is 0 Å². The van der Waals surface area contributed by atoms with E-state index in [0.29, 0.717) is 18.4 Å². The van der Waals surface area contributed by atoms with Crippen LogP contribution in [0.1, 0.15) is 19.8 Å². The zero-order valence-electron chi connectivity index (χ0n) is 6.80. The molecule has 0 bridgehead atoms. The van der Waals surface area contributed by atoms with Crippen molar-refractivity contribution in [3.8, 4) is 0 Å². The van der Waals surface area contributed by atoms with Crippen LogP contribution in [0.2, 0.25) is 0 Å². The highest BCUT2D eigenvalue weighted by atomic mass is 16.3. The van der Waals surface area contributed by atoms with E-state index in [4.69, 9.17) is 0 Å². The Morgan fingerprint density at radius 1 is 1.55 bits per heavy atom. The van der Waals surface area contributed by atoms with Gasteiger partial charge in [-0.05, 0) is 18.1 Å². The average Bonchev–Trinajstić information content (AvgIpc) is 1.81. The van der Waals surface area contributed by atoms with Crippen LogP contribution in [0.25, 0.3) is 0 Å². The predicted octanol–water partition coefficient (Wildman–Crippen LogP) is 1.00. The van der Waals surface area contributed by atoms with Gasteiger partial charge in [-0.3, -0.25) is 0 Å². The molecule has 0 aromatic rings. The van der Waals surface area contributed by atoms with E-state index in [9.17, 15) is 10.2 Å². The molecular formula is C9H14O2. The lowest BCUT2D eigenvalue weighted by molar-refractivity contribution is 0.00378. The topological polar surface area (TPSA) is 40.5 Å². The molecule has 11 heavy (non-hydrogen) atoms. The molecule has 1 saturated carbocycles. The lowest BCUT2D eigenvalue weighted by Crippen LogP contribution is -2.36. The Kier molecular flexibility index (Phi) is 1.90. The second-order valence-corrected chi connectivity index (χ2v) is 3.52. The Morgan fingerprint density at radius 3 is 2.55 bits per heavy atom. The van der Waals surface area contributed by atoms with Gasteiger partial charge in [-0.25, -0.2) is 0 Å². The first-order valence-corrected chi connectivity index (χ1v) is 3.70. The van der Waals surface area contributed by atoms with Gasteiger partial charge in [-0.2, -0.15) is 0 Å². The van der Waals surface area contributed by atoms with Crippen molar-refractivity contribution in [3.05, 3.63) is 24.3 Å². The molecule has 0 aromatic heterocycles. The fourth-order valence-electron chi connectivity index (χ4n) is 1.42. The zero-order chi connectivity index (χ0) is 8.65. The van der Waals surface area contributed by atoms with Gasteiger partial charge in [0.15, 0.2) is 0 Å². The summed E-state index contributed by atoms with van der Waals surface area (Å²) in [5.74, 6) is 0. The maximum absolute atomic E-state index is 9.57. The van der Waals surface area contributed by atoms with Gasteiger partial charge < -0.3 is 10.2 Å². The first-order valence-electron chi connectivity index (χ1n) is 3.70. The Labute approximate surface area is 66.9 Å². The van der Waals surface area contributed by atoms with E-state index >= 15 is 0 Å². The van der Waals surface area contributed by atoms with Crippen molar-refractivity contribution in [1.29, 1.82) is 0 Å². The van der Waals surface area contributed by atoms with E-state index < -0.39 is 11.7 Å². The Balaban J connectivity index is 2.78. The lowest BCUT2D eigenvalue weighted by atomic mass is 9.79. The largest absolute Gasteiger partial charge is 0.390 e. The van der Waals surface area contributed by atoms with Crippen LogP contribution in [0.4, 0.5) is 0 Å². The minimum Gasteiger partial charge on any atom is -0.390 e. The third kappa shape index (κ3) is 1.70. The molecule has 2 nitrogen and oxygen atoms in total. The quantitative estimate of drug-likeness (QED) is 0.546. The molecule has 1 rings (SSSR count). The molecule has 1 aliphatic rings. The fourth-order valence-corrected chi connectivity index (χ4v) is 1.42. The Bertz CT molecular complexity index is 204. The first-order chi connectivity index (χ1) is 4.92. The van der Waals surface area contributed by atoms with Crippen molar-refractivity contribution in [1.82, 2.24) is 0 Å². The fraction of sp³-hybridized carbons (Fsp3) is 0.556. The smallest absolute Gasteiger partial charge is 0.0814 e. The Hall–Kier alpha value is -0.600. The molecule has 0 unspecified atom stereocenters. The number of aliphatic hydroxyl groups excluding tert-OH is 1. The van der Waals surface area contributed by atoms with Crippen molar-refractivity contribution in [2.75, 3.05) is 0 Å². The third-order valence-electron chi connectivity index (χ3n) is 2.08. The van der Waals surface area contributed by atoms with E-state index in [0.717, 1.165) is 5.57 Å².